The second kappa shape index (κ2) is 13.1. The normalized spacial score (nSPS) is 16.0. The molecule has 0 saturated carbocycles. The molecule has 1 amide bonds. The van der Waals surface area contributed by atoms with Gasteiger partial charge in [-0.2, -0.15) is 0 Å². The highest BCUT2D eigenvalue weighted by Crippen LogP contribution is 2.44. The summed E-state index contributed by atoms with van der Waals surface area (Å²) in [6, 6.07) is 17.0. The highest BCUT2D eigenvalue weighted by molar-refractivity contribution is 8.00. The summed E-state index contributed by atoms with van der Waals surface area (Å²) in [5.74, 6) is -1.80. The Labute approximate surface area is 254 Å². The Morgan fingerprint density at radius 3 is 2.49 bits per heavy atom. The van der Waals surface area contributed by atoms with E-state index in [1.54, 1.807) is 42.5 Å². The van der Waals surface area contributed by atoms with Gasteiger partial charge in [-0.05, 0) is 60.0 Å². The van der Waals surface area contributed by atoms with E-state index in [2.05, 4.69) is 17.1 Å². The van der Waals surface area contributed by atoms with Crippen LogP contribution in [-0.4, -0.2) is 38.5 Å². The molecule has 220 valence electrons. The maximum Gasteiger partial charge on any atom is 0.301 e. The summed E-state index contributed by atoms with van der Waals surface area (Å²) in [6.07, 6.45) is 1.86. The van der Waals surface area contributed by atoms with E-state index >= 15 is 0 Å². The number of nitro benzene ring substituents is 1. The van der Waals surface area contributed by atoms with Gasteiger partial charge in [0.05, 0.1) is 23.1 Å². The Morgan fingerprint density at radius 2 is 1.81 bits per heavy atom. The number of rotatable bonds is 11. The first-order chi connectivity index (χ1) is 20.8. The number of non-ortho nitro benzene ring substituents is 1. The number of ketones is 1. The Balaban J connectivity index is 1.51. The highest BCUT2D eigenvalue weighted by atomic mass is 32.2. The molecular formula is C30H25FN4O6S2. The van der Waals surface area contributed by atoms with Crippen LogP contribution < -0.4 is 9.64 Å². The van der Waals surface area contributed by atoms with Crippen LogP contribution in [0.4, 0.5) is 15.2 Å². The first kappa shape index (κ1) is 29.9. The van der Waals surface area contributed by atoms with E-state index in [0.717, 1.165) is 29.1 Å². The molecule has 1 saturated heterocycles. The van der Waals surface area contributed by atoms with Crippen molar-refractivity contribution in [1.82, 2.24) is 10.2 Å². The molecule has 10 nitrogen and oxygen atoms in total. The van der Waals surface area contributed by atoms with Crippen molar-refractivity contribution >= 4 is 51.4 Å². The summed E-state index contributed by atoms with van der Waals surface area (Å²) >= 11 is 2.25. The summed E-state index contributed by atoms with van der Waals surface area (Å²) < 4.78 is 20.2. The molecule has 1 atom stereocenters. The zero-order chi connectivity index (χ0) is 30.5. The summed E-state index contributed by atoms with van der Waals surface area (Å²) in [5, 5.41) is 31.0. The first-order valence-corrected chi connectivity index (χ1v) is 15.1. The van der Waals surface area contributed by atoms with Crippen molar-refractivity contribution in [2.24, 2.45) is 0 Å². The SMILES string of the molecule is CCCCOc1ccc(C(O)=C2C(=O)C(=O)N(c3nnc(SCc4ccccc4F)s3)[C@H]2c2ccc([N+](=O)[O-])cc2)cc1. The minimum absolute atomic E-state index is 0.0835. The van der Waals surface area contributed by atoms with Crippen LogP contribution in [0.2, 0.25) is 0 Å². The second-order valence-electron chi connectivity index (χ2n) is 9.47. The number of Topliss-reactive ketones (excluding diaryl/α,β-unsaturated/α-hetero) is 1. The Hall–Kier alpha value is -4.62. The standard InChI is InChI=1S/C30H25FN4O6S2/c1-2-3-16-41-22-14-10-19(11-15-22)26(36)24-25(18-8-12-21(13-9-18)35(39)40)34(28(38)27(24)37)29-32-33-30(43-29)42-17-20-6-4-5-7-23(20)31/h4-15,25,36H,2-3,16-17H2,1H3/t25-/m0/s1. The number of thioether (sulfide) groups is 1. The molecule has 0 bridgehead atoms. The molecule has 4 aromatic rings. The average Bonchev–Trinajstić information content (AvgIpc) is 3.58. The number of halogens is 1. The largest absolute Gasteiger partial charge is 0.507 e. The van der Waals surface area contributed by atoms with Crippen LogP contribution in [0.15, 0.2) is 82.7 Å². The molecule has 0 unspecified atom stereocenters. The van der Waals surface area contributed by atoms with E-state index in [0.29, 0.717) is 27.8 Å². The molecule has 3 aromatic carbocycles. The fourth-order valence-electron chi connectivity index (χ4n) is 4.44. The second-order valence-corrected chi connectivity index (χ2v) is 11.7. The first-order valence-electron chi connectivity index (χ1n) is 13.3. The molecule has 1 aromatic heterocycles. The lowest BCUT2D eigenvalue weighted by atomic mass is 9.95. The van der Waals surface area contributed by atoms with Gasteiger partial charge in [0, 0.05) is 23.4 Å². The number of nitro groups is 1. The van der Waals surface area contributed by atoms with E-state index in [-0.39, 0.29) is 33.5 Å². The number of anilines is 1. The monoisotopic (exact) mass is 620 g/mol. The zero-order valence-electron chi connectivity index (χ0n) is 22.8. The van der Waals surface area contributed by atoms with Gasteiger partial charge < -0.3 is 9.84 Å². The van der Waals surface area contributed by atoms with Crippen molar-refractivity contribution in [2.45, 2.75) is 35.9 Å². The molecule has 0 spiro atoms. The Morgan fingerprint density at radius 1 is 1.09 bits per heavy atom. The van der Waals surface area contributed by atoms with E-state index < -0.39 is 28.4 Å². The third kappa shape index (κ3) is 6.42. The van der Waals surface area contributed by atoms with Gasteiger partial charge in [0.1, 0.15) is 17.3 Å². The highest BCUT2D eigenvalue weighted by Gasteiger charge is 2.48. The lowest BCUT2D eigenvalue weighted by Gasteiger charge is -2.22. The lowest BCUT2D eigenvalue weighted by Crippen LogP contribution is -2.29. The number of nitrogens with zero attached hydrogens (tertiary/aromatic N) is 4. The van der Waals surface area contributed by atoms with Crippen LogP contribution in [0.1, 0.15) is 42.5 Å². The van der Waals surface area contributed by atoms with E-state index in [1.807, 2.05) is 0 Å². The average molecular weight is 621 g/mol. The zero-order valence-corrected chi connectivity index (χ0v) is 24.4. The molecule has 43 heavy (non-hydrogen) atoms. The van der Waals surface area contributed by atoms with Crippen molar-refractivity contribution in [2.75, 3.05) is 11.5 Å². The lowest BCUT2D eigenvalue weighted by molar-refractivity contribution is -0.384. The summed E-state index contributed by atoms with van der Waals surface area (Å²) in [4.78, 5) is 38.7. The third-order valence-corrected chi connectivity index (χ3v) is 8.77. The summed E-state index contributed by atoms with van der Waals surface area (Å²) in [5.41, 5.74) is 0.724. The van der Waals surface area contributed by atoms with Crippen molar-refractivity contribution in [3.05, 3.63) is 111 Å². The third-order valence-electron chi connectivity index (χ3n) is 6.67. The minimum atomic E-state index is -1.14. The molecule has 1 aliphatic rings. The van der Waals surface area contributed by atoms with E-state index in [1.165, 1.54) is 42.1 Å². The van der Waals surface area contributed by atoms with Crippen molar-refractivity contribution in [1.29, 1.82) is 0 Å². The van der Waals surface area contributed by atoms with Crippen LogP contribution >= 0.6 is 23.1 Å². The van der Waals surface area contributed by atoms with Gasteiger partial charge in [0.2, 0.25) is 5.13 Å². The summed E-state index contributed by atoms with van der Waals surface area (Å²) in [7, 11) is 0. The van der Waals surface area contributed by atoms with Crippen LogP contribution in [0.25, 0.3) is 5.76 Å². The topological polar surface area (TPSA) is 136 Å². The number of amides is 1. The number of aliphatic hydroxyl groups excluding tert-OH is 1. The molecule has 1 N–H and O–H groups in total. The number of ether oxygens (including phenoxy) is 1. The predicted octanol–water partition coefficient (Wildman–Crippen LogP) is 6.68. The number of benzene rings is 3. The minimum Gasteiger partial charge on any atom is -0.507 e. The van der Waals surface area contributed by atoms with Gasteiger partial charge in [0.15, 0.2) is 4.34 Å². The predicted molar refractivity (Wildman–Crippen MR) is 161 cm³/mol. The number of unbranched alkanes of at least 4 members (excludes halogenated alkanes) is 1. The number of aromatic nitrogens is 2. The van der Waals surface area contributed by atoms with Crippen LogP contribution in [0.3, 0.4) is 0 Å². The quantitative estimate of drug-likeness (QED) is 0.0284. The Bertz CT molecular complexity index is 1690. The van der Waals surface area contributed by atoms with Crippen LogP contribution in [0.5, 0.6) is 5.75 Å². The molecule has 0 radical (unpaired) electrons. The van der Waals surface area contributed by atoms with Crippen molar-refractivity contribution in [3.8, 4) is 5.75 Å². The maximum absolute atomic E-state index is 14.1. The van der Waals surface area contributed by atoms with Crippen molar-refractivity contribution < 1.29 is 28.7 Å². The number of hydrogen-bond acceptors (Lipinski definition) is 10. The molecule has 0 aliphatic carbocycles. The maximum atomic E-state index is 14.1. The van der Waals surface area contributed by atoms with Gasteiger partial charge >= 0.3 is 5.91 Å². The molecule has 5 rings (SSSR count). The van der Waals surface area contributed by atoms with Gasteiger partial charge in [-0.1, -0.05) is 54.6 Å². The molecule has 1 aliphatic heterocycles. The van der Waals surface area contributed by atoms with Crippen LogP contribution in [0, 0.1) is 15.9 Å². The number of aliphatic hydroxyl groups is 1. The number of carbonyl (C=O) groups excluding carboxylic acids is 2. The van der Waals surface area contributed by atoms with Gasteiger partial charge in [-0.3, -0.25) is 24.6 Å². The van der Waals surface area contributed by atoms with Gasteiger partial charge in [-0.25, -0.2) is 4.39 Å². The Kier molecular flexibility index (Phi) is 9.12. The van der Waals surface area contributed by atoms with Gasteiger partial charge in [0.25, 0.3) is 11.5 Å². The number of carbonyl (C=O) groups is 2. The van der Waals surface area contributed by atoms with Crippen molar-refractivity contribution in [3.63, 3.8) is 0 Å². The number of hydrogen-bond donors (Lipinski definition) is 1. The van der Waals surface area contributed by atoms with Crippen LogP contribution in [-0.2, 0) is 15.3 Å². The fraction of sp³-hybridized carbons (Fsp3) is 0.200. The smallest absolute Gasteiger partial charge is 0.301 e. The molecular weight excluding hydrogens is 595 g/mol. The molecule has 13 heteroatoms. The van der Waals surface area contributed by atoms with Gasteiger partial charge in [-0.15, -0.1) is 10.2 Å². The molecule has 1 fully saturated rings. The van der Waals surface area contributed by atoms with E-state index in [4.69, 9.17) is 4.74 Å². The molecule has 2 heterocycles. The van der Waals surface area contributed by atoms with E-state index in [9.17, 15) is 29.2 Å². The summed E-state index contributed by atoms with van der Waals surface area (Å²) in [6.45, 7) is 2.59. The fourth-order valence-corrected chi connectivity index (χ4v) is 6.29.